The average molecular weight is 209 g/mol. The summed E-state index contributed by atoms with van der Waals surface area (Å²) in [5.41, 5.74) is 7.31. The Kier molecular flexibility index (Phi) is 2.91. The van der Waals surface area contributed by atoms with Crippen molar-refractivity contribution in [1.82, 2.24) is 4.98 Å². The van der Waals surface area contributed by atoms with Gasteiger partial charge in [0.2, 0.25) is 5.88 Å². The second-order valence-electron chi connectivity index (χ2n) is 3.40. The Labute approximate surface area is 88.8 Å². The molecule has 82 valence electrons. The molecule has 0 spiro atoms. The van der Waals surface area contributed by atoms with Gasteiger partial charge in [0.25, 0.3) is 0 Å². The molecule has 2 heterocycles. The minimum Gasteiger partial charge on any atom is -0.480 e. The molecule has 0 saturated carbocycles. The van der Waals surface area contributed by atoms with Gasteiger partial charge in [-0.1, -0.05) is 0 Å². The Morgan fingerprint density at radius 1 is 1.47 bits per heavy atom. The van der Waals surface area contributed by atoms with E-state index in [-0.39, 0.29) is 0 Å². The number of anilines is 2. The van der Waals surface area contributed by atoms with Crippen LogP contribution in [0.25, 0.3) is 0 Å². The lowest BCUT2D eigenvalue weighted by Gasteiger charge is -2.29. The molecular formula is C10H15N3O2. The lowest BCUT2D eigenvalue weighted by Crippen LogP contribution is -2.36. The van der Waals surface area contributed by atoms with Crippen LogP contribution in [0.3, 0.4) is 0 Å². The number of hydrogen-bond acceptors (Lipinski definition) is 5. The zero-order valence-electron chi connectivity index (χ0n) is 8.77. The Morgan fingerprint density at radius 2 is 2.20 bits per heavy atom. The molecule has 1 saturated heterocycles. The number of hydrogen-bond donors (Lipinski definition) is 1. The number of nitrogen functional groups attached to an aromatic ring is 1. The van der Waals surface area contributed by atoms with Gasteiger partial charge in [-0.05, 0) is 6.07 Å². The first-order valence-corrected chi connectivity index (χ1v) is 4.93. The normalized spacial score (nSPS) is 16.5. The molecule has 1 aromatic heterocycles. The lowest BCUT2D eigenvalue weighted by atomic mass is 10.3. The van der Waals surface area contributed by atoms with Crippen LogP contribution in [0.5, 0.6) is 5.88 Å². The van der Waals surface area contributed by atoms with Crippen LogP contribution in [-0.4, -0.2) is 38.4 Å². The van der Waals surface area contributed by atoms with Crippen molar-refractivity contribution in [2.75, 3.05) is 44.0 Å². The van der Waals surface area contributed by atoms with E-state index in [2.05, 4.69) is 9.88 Å². The predicted molar refractivity (Wildman–Crippen MR) is 58.2 cm³/mol. The van der Waals surface area contributed by atoms with E-state index in [0.717, 1.165) is 32.0 Å². The number of nitrogens with two attached hydrogens (primary N) is 1. The van der Waals surface area contributed by atoms with Gasteiger partial charge in [-0.25, -0.2) is 4.98 Å². The van der Waals surface area contributed by atoms with Crippen LogP contribution < -0.4 is 15.4 Å². The lowest BCUT2D eigenvalue weighted by molar-refractivity contribution is 0.122. The van der Waals surface area contributed by atoms with Crippen LogP contribution in [0.2, 0.25) is 0 Å². The van der Waals surface area contributed by atoms with Gasteiger partial charge >= 0.3 is 0 Å². The Hall–Kier alpha value is -1.49. The van der Waals surface area contributed by atoms with Crippen molar-refractivity contribution in [3.63, 3.8) is 0 Å². The summed E-state index contributed by atoms with van der Waals surface area (Å²) in [5.74, 6) is 0.617. The fraction of sp³-hybridized carbons (Fsp3) is 0.500. The highest BCUT2D eigenvalue weighted by molar-refractivity contribution is 5.61. The number of ether oxygens (including phenoxy) is 2. The highest BCUT2D eigenvalue weighted by Gasteiger charge is 2.16. The van der Waals surface area contributed by atoms with Gasteiger partial charge < -0.3 is 20.1 Å². The van der Waals surface area contributed by atoms with E-state index in [1.165, 1.54) is 0 Å². The van der Waals surface area contributed by atoms with Crippen molar-refractivity contribution < 1.29 is 9.47 Å². The second-order valence-corrected chi connectivity index (χ2v) is 3.40. The van der Waals surface area contributed by atoms with E-state index in [0.29, 0.717) is 11.6 Å². The zero-order valence-corrected chi connectivity index (χ0v) is 8.77. The number of methoxy groups -OCH3 is 1. The maximum Gasteiger partial charge on any atom is 0.237 e. The van der Waals surface area contributed by atoms with Gasteiger partial charge in [-0.2, -0.15) is 0 Å². The third kappa shape index (κ3) is 2.12. The molecule has 2 N–H and O–H groups in total. The minimum absolute atomic E-state index is 0.617. The van der Waals surface area contributed by atoms with Crippen LogP contribution >= 0.6 is 0 Å². The summed E-state index contributed by atoms with van der Waals surface area (Å²) in [7, 11) is 1.61. The fourth-order valence-electron chi connectivity index (χ4n) is 1.64. The van der Waals surface area contributed by atoms with Gasteiger partial charge in [0, 0.05) is 13.1 Å². The van der Waals surface area contributed by atoms with Crippen LogP contribution in [0.15, 0.2) is 12.3 Å². The molecular weight excluding hydrogens is 194 g/mol. The standard InChI is InChI=1S/C10H15N3O2/c1-14-10-9(6-8(11)7-12-10)13-2-4-15-5-3-13/h6-7H,2-5,11H2,1H3. The van der Waals surface area contributed by atoms with Gasteiger partial charge in [-0.15, -0.1) is 0 Å². The van der Waals surface area contributed by atoms with Gasteiger partial charge in [0.05, 0.1) is 32.2 Å². The SMILES string of the molecule is COc1ncc(N)cc1N1CCOCC1. The third-order valence-electron chi connectivity index (χ3n) is 2.40. The number of nitrogens with zero attached hydrogens (tertiary/aromatic N) is 2. The minimum atomic E-state index is 0.617. The van der Waals surface area contributed by atoms with E-state index in [1.54, 1.807) is 13.3 Å². The maximum absolute atomic E-state index is 5.71. The first-order valence-electron chi connectivity index (χ1n) is 4.93. The molecule has 1 fully saturated rings. The van der Waals surface area contributed by atoms with E-state index in [9.17, 15) is 0 Å². The first kappa shape index (κ1) is 10.0. The summed E-state index contributed by atoms with van der Waals surface area (Å²) in [5, 5.41) is 0. The average Bonchev–Trinajstić information content (AvgIpc) is 2.30. The monoisotopic (exact) mass is 209 g/mol. The van der Waals surface area contributed by atoms with Crippen molar-refractivity contribution in [2.45, 2.75) is 0 Å². The molecule has 1 aliphatic heterocycles. The van der Waals surface area contributed by atoms with E-state index >= 15 is 0 Å². The molecule has 2 rings (SSSR count). The maximum atomic E-state index is 5.71. The molecule has 1 aromatic rings. The van der Waals surface area contributed by atoms with Crippen LogP contribution in [-0.2, 0) is 4.74 Å². The molecule has 5 nitrogen and oxygen atoms in total. The van der Waals surface area contributed by atoms with Gasteiger partial charge in [0.1, 0.15) is 5.69 Å². The quantitative estimate of drug-likeness (QED) is 0.769. The number of rotatable bonds is 2. The summed E-state index contributed by atoms with van der Waals surface area (Å²) in [6.07, 6.45) is 1.60. The number of pyridine rings is 1. The van der Waals surface area contributed by atoms with Crippen molar-refractivity contribution in [1.29, 1.82) is 0 Å². The van der Waals surface area contributed by atoms with Gasteiger partial charge in [0.15, 0.2) is 0 Å². The van der Waals surface area contributed by atoms with Crippen molar-refractivity contribution >= 4 is 11.4 Å². The fourth-order valence-corrected chi connectivity index (χ4v) is 1.64. The summed E-state index contributed by atoms with van der Waals surface area (Å²) in [6, 6.07) is 1.89. The van der Waals surface area contributed by atoms with Crippen molar-refractivity contribution in [2.24, 2.45) is 0 Å². The molecule has 0 aromatic carbocycles. The first-order chi connectivity index (χ1) is 7.31. The molecule has 0 aliphatic carbocycles. The van der Waals surface area contributed by atoms with Crippen molar-refractivity contribution in [3.05, 3.63) is 12.3 Å². The van der Waals surface area contributed by atoms with E-state index < -0.39 is 0 Å². The number of morpholine rings is 1. The molecule has 0 atom stereocenters. The van der Waals surface area contributed by atoms with Crippen molar-refractivity contribution in [3.8, 4) is 5.88 Å². The van der Waals surface area contributed by atoms with Crippen LogP contribution in [0.1, 0.15) is 0 Å². The molecule has 0 radical (unpaired) electrons. The smallest absolute Gasteiger partial charge is 0.237 e. The largest absolute Gasteiger partial charge is 0.480 e. The Morgan fingerprint density at radius 3 is 2.87 bits per heavy atom. The molecule has 0 bridgehead atoms. The van der Waals surface area contributed by atoms with Gasteiger partial charge in [-0.3, -0.25) is 0 Å². The van der Waals surface area contributed by atoms with E-state index in [1.807, 2.05) is 6.07 Å². The summed E-state index contributed by atoms with van der Waals surface area (Å²) in [4.78, 5) is 6.31. The summed E-state index contributed by atoms with van der Waals surface area (Å²) < 4.78 is 10.5. The van der Waals surface area contributed by atoms with E-state index in [4.69, 9.17) is 15.2 Å². The Balaban J connectivity index is 2.27. The zero-order chi connectivity index (χ0) is 10.7. The third-order valence-corrected chi connectivity index (χ3v) is 2.40. The summed E-state index contributed by atoms with van der Waals surface area (Å²) >= 11 is 0. The molecule has 1 aliphatic rings. The highest BCUT2D eigenvalue weighted by atomic mass is 16.5. The predicted octanol–water partition coefficient (Wildman–Crippen LogP) is 0.509. The molecule has 0 unspecified atom stereocenters. The molecule has 15 heavy (non-hydrogen) atoms. The topological polar surface area (TPSA) is 60.6 Å². The molecule has 5 heteroatoms. The molecule has 0 amide bonds. The number of aromatic nitrogens is 1. The second kappa shape index (κ2) is 4.35. The van der Waals surface area contributed by atoms with Crippen LogP contribution in [0.4, 0.5) is 11.4 Å². The van der Waals surface area contributed by atoms with Crippen LogP contribution in [0, 0.1) is 0 Å². The highest BCUT2D eigenvalue weighted by Crippen LogP contribution is 2.28. The Bertz CT molecular complexity index is 337. The summed E-state index contributed by atoms with van der Waals surface area (Å²) in [6.45, 7) is 3.17.